The molecular formula is C32H46S. The molecule has 4 atom stereocenters. The van der Waals surface area contributed by atoms with Gasteiger partial charge in [0.2, 0.25) is 0 Å². The van der Waals surface area contributed by atoms with Crippen LogP contribution in [0.5, 0.6) is 0 Å². The minimum absolute atomic E-state index is 0.531. The third-order valence-electron chi connectivity index (χ3n) is 6.33. The molecule has 0 bridgehead atoms. The lowest BCUT2D eigenvalue weighted by molar-refractivity contribution is 0.480. The molecule has 2 aromatic rings. The summed E-state index contributed by atoms with van der Waals surface area (Å²) >= 11 is 2.20. The van der Waals surface area contributed by atoms with Crippen LogP contribution in [0.1, 0.15) is 102 Å². The van der Waals surface area contributed by atoms with E-state index in [1.807, 2.05) is 0 Å². The Morgan fingerprint density at radius 2 is 1.00 bits per heavy atom. The van der Waals surface area contributed by atoms with Crippen LogP contribution in [0.3, 0.4) is 0 Å². The standard InChI is InChI=1S/C32H46S/c1-25(2)15-13-17-27(5)23-31(29-19-9-7-10-20-29)33-32(30-21-11-8-12-22-30)24-28(6)18-14-16-26(3)4/h7-12,15-16,19-22,27-28,31-32H,13-14,17-18,23-24H2,1-6H3. The molecule has 0 aliphatic rings. The maximum atomic E-state index is 2.44. The van der Waals surface area contributed by atoms with Crippen LogP contribution in [-0.2, 0) is 0 Å². The highest BCUT2D eigenvalue weighted by Crippen LogP contribution is 2.47. The molecule has 0 aromatic heterocycles. The van der Waals surface area contributed by atoms with Crippen LogP contribution in [0.2, 0.25) is 0 Å². The van der Waals surface area contributed by atoms with Gasteiger partial charge in [-0.2, -0.15) is 0 Å². The second-order valence-electron chi connectivity index (χ2n) is 10.3. The topological polar surface area (TPSA) is 0 Å². The zero-order valence-electron chi connectivity index (χ0n) is 21.9. The molecular weight excluding hydrogens is 416 g/mol. The van der Waals surface area contributed by atoms with Crippen molar-refractivity contribution >= 4 is 11.8 Å². The fraction of sp³-hybridized carbons (Fsp3) is 0.500. The summed E-state index contributed by atoms with van der Waals surface area (Å²) in [5.41, 5.74) is 5.83. The molecule has 0 heterocycles. The maximum absolute atomic E-state index is 2.44. The summed E-state index contributed by atoms with van der Waals surface area (Å²) < 4.78 is 0. The van der Waals surface area contributed by atoms with Crippen molar-refractivity contribution in [2.45, 2.75) is 90.6 Å². The molecule has 0 amide bonds. The van der Waals surface area contributed by atoms with Crippen LogP contribution in [0.25, 0.3) is 0 Å². The van der Waals surface area contributed by atoms with Gasteiger partial charge in [0.25, 0.3) is 0 Å². The van der Waals surface area contributed by atoms with E-state index in [9.17, 15) is 0 Å². The Hall–Kier alpha value is -1.73. The van der Waals surface area contributed by atoms with Crippen molar-refractivity contribution in [1.29, 1.82) is 0 Å². The Morgan fingerprint density at radius 1 is 0.636 bits per heavy atom. The number of allylic oxidation sites excluding steroid dienone is 4. The first-order valence-electron chi connectivity index (χ1n) is 12.9. The third kappa shape index (κ3) is 11.3. The molecule has 0 N–H and O–H groups in total. The lowest BCUT2D eigenvalue weighted by Gasteiger charge is -2.28. The smallest absolute Gasteiger partial charge is 0.0305 e. The van der Waals surface area contributed by atoms with Gasteiger partial charge in [-0.15, -0.1) is 11.8 Å². The van der Waals surface area contributed by atoms with E-state index in [1.54, 1.807) is 0 Å². The first-order chi connectivity index (χ1) is 15.8. The summed E-state index contributed by atoms with van der Waals surface area (Å²) in [5, 5.41) is 1.06. The van der Waals surface area contributed by atoms with Gasteiger partial charge in [0.05, 0.1) is 0 Å². The zero-order chi connectivity index (χ0) is 24.1. The van der Waals surface area contributed by atoms with E-state index in [-0.39, 0.29) is 0 Å². The summed E-state index contributed by atoms with van der Waals surface area (Å²) in [6.07, 6.45) is 12.2. The highest BCUT2D eigenvalue weighted by atomic mass is 32.2. The van der Waals surface area contributed by atoms with Crippen LogP contribution in [0.15, 0.2) is 84.0 Å². The fourth-order valence-electron chi connectivity index (χ4n) is 4.35. The number of hydrogen-bond donors (Lipinski definition) is 0. The van der Waals surface area contributed by atoms with Gasteiger partial charge >= 0.3 is 0 Å². The van der Waals surface area contributed by atoms with Crippen molar-refractivity contribution in [3.05, 3.63) is 95.1 Å². The van der Waals surface area contributed by atoms with E-state index >= 15 is 0 Å². The third-order valence-corrected chi connectivity index (χ3v) is 7.91. The van der Waals surface area contributed by atoms with E-state index in [0.717, 1.165) is 0 Å². The molecule has 0 saturated heterocycles. The maximum Gasteiger partial charge on any atom is 0.0305 e. The van der Waals surface area contributed by atoms with E-state index in [1.165, 1.54) is 60.8 Å². The predicted octanol–water partition coefficient (Wildman–Crippen LogP) is 10.7. The van der Waals surface area contributed by atoms with Crippen LogP contribution in [0, 0.1) is 11.8 Å². The lowest BCUT2D eigenvalue weighted by atomic mass is 9.95. The van der Waals surface area contributed by atoms with Crippen molar-refractivity contribution in [2.24, 2.45) is 11.8 Å². The van der Waals surface area contributed by atoms with Gasteiger partial charge in [-0.3, -0.25) is 0 Å². The second-order valence-corrected chi connectivity index (χ2v) is 11.7. The van der Waals surface area contributed by atoms with Gasteiger partial charge < -0.3 is 0 Å². The van der Waals surface area contributed by atoms with Crippen molar-refractivity contribution < 1.29 is 0 Å². The molecule has 4 unspecified atom stereocenters. The normalized spacial score (nSPS) is 14.7. The van der Waals surface area contributed by atoms with Crippen LogP contribution >= 0.6 is 11.8 Å². The molecule has 1 heteroatoms. The zero-order valence-corrected chi connectivity index (χ0v) is 22.7. The number of benzene rings is 2. The van der Waals surface area contributed by atoms with E-state index in [2.05, 4.69) is 126 Å². The van der Waals surface area contributed by atoms with Crippen molar-refractivity contribution in [3.8, 4) is 0 Å². The summed E-state index contributed by atoms with van der Waals surface area (Å²) in [6, 6.07) is 22.4. The van der Waals surface area contributed by atoms with Gasteiger partial charge in [0.15, 0.2) is 0 Å². The van der Waals surface area contributed by atoms with Crippen molar-refractivity contribution in [3.63, 3.8) is 0 Å². The Morgan fingerprint density at radius 3 is 1.33 bits per heavy atom. The molecule has 0 aliphatic heterocycles. The fourth-order valence-corrected chi connectivity index (χ4v) is 6.26. The van der Waals surface area contributed by atoms with Gasteiger partial charge in [0.1, 0.15) is 0 Å². The minimum atomic E-state index is 0.531. The molecule has 0 fully saturated rings. The molecule has 2 aromatic carbocycles. The first kappa shape index (κ1) is 27.5. The Bertz CT molecular complexity index is 754. The molecule has 2 rings (SSSR count). The Balaban J connectivity index is 2.17. The molecule has 0 saturated carbocycles. The van der Waals surface area contributed by atoms with Gasteiger partial charge in [-0.05, 0) is 89.2 Å². The van der Waals surface area contributed by atoms with Crippen LogP contribution in [-0.4, -0.2) is 0 Å². The predicted molar refractivity (Wildman–Crippen MR) is 151 cm³/mol. The molecule has 0 nitrogen and oxygen atoms in total. The monoisotopic (exact) mass is 462 g/mol. The van der Waals surface area contributed by atoms with E-state index in [0.29, 0.717) is 22.3 Å². The van der Waals surface area contributed by atoms with Gasteiger partial charge in [-0.25, -0.2) is 0 Å². The number of rotatable bonds is 14. The highest BCUT2D eigenvalue weighted by molar-refractivity contribution is 7.99. The quantitative estimate of drug-likeness (QED) is 0.251. The SMILES string of the molecule is CC(C)=CCCC(C)CC(SC(CC(C)CCC=C(C)C)c1ccccc1)c1ccccc1. The average Bonchev–Trinajstić information content (AvgIpc) is 2.78. The molecule has 33 heavy (non-hydrogen) atoms. The highest BCUT2D eigenvalue weighted by Gasteiger charge is 2.23. The average molecular weight is 463 g/mol. The van der Waals surface area contributed by atoms with E-state index in [4.69, 9.17) is 0 Å². The van der Waals surface area contributed by atoms with E-state index < -0.39 is 0 Å². The Labute approximate surface area is 209 Å². The van der Waals surface area contributed by atoms with Crippen molar-refractivity contribution in [1.82, 2.24) is 0 Å². The van der Waals surface area contributed by atoms with Crippen LogP contribution < -0.4 is 0 Å². The van der Waals surface area contributed by atoms with Crippen molar-refractivity contribution in [2.75, 3.05) is 0 Å². The van der Waals surface area contributed by atoms with Gasteiger partial charge in [0, 0.05) is 10.5 Å². The second kappa shape index (κ2) is 15.2. The summed E-state index contributed by atoms with van der Waals surface area (Å²) in [6.45, 7) is 13.7. The minimum Gasteiger partial charge on any atom is -0.146 e. The van der Waals surface area contributed by atoms with Crippen LogP contribution in [0.4, 0.5) is 0 Å². The first-order valence-corrected chi connectivity index (χ1v) is 13.8. The largest absolute Gasteiger partial charge is 0.146 e. The number of thioether (sulfide) groups is 1. The lowest BCUT2D eigenvalue weighted by Crippen LogP contribution is -2.08. The molecule has 0 radical (unpaired) electrons. The molecule has 0 aliphatic carbocycles. The number of hydrogen-bond acceptors (Lipinski definition) is 1. The summed E-state index contributed by atoms with van der Waals surface area (Å²) in [5.74, 6) is 1.43. The van der Waals surface area contributed by atoms with Gasteiger partial charge in [-0.1, -0.05) is 97.8 Å². The summed E-state index contributed by atoms with van der Waals surface area (Å²) in [7, 11) is 0. The molecule has 0 spiro atoms. The summed E-state index contributed by atoms with van der Waals surface area (Å²) in [4.78, 5) is 0. The molecule has 180 valence electrons. The Kier molecular flexibility index (Phi) is 12.7.